The summed E-state index contributed by atoms with van der Waals surface area (Å²) in [6.07, 6.45) is 2.00. The van der Waals surface area contributed by atoms with Crippen LogP contribution in [-0.2, 0) is 9.53 Å². The molecule has 0 atom stereocenters. The fraction of sp³-hybridized carbons (Fsp3) is 0.286. The van der Waals surface area contributed by atoms with Gasteiger partial charge < -0.3 is 15.8 Å². The van der Waals surface area contributed by atoms with Crippen molar-refractivity contribution in [3.05, 3.63) is 30.0 Å². The number of hydrogen-bond donors (Lipinski definition) is 2. The van der Waals surface area contributed by atoms with Crippen LogP contribution in [0.15, 0.2) is 24.4 Å². The minimum absolute atomic E-state index is 0.247. The van der Waals surface area contributed by atoms with Crippen molar-refractivity contribution in [3.8, 4) is 0 Å². The van der Waals surface area contributed by atoms with Crippen LogP contribution in [0.4, 0.5) is 11.5 Å². The van der Waals surface area contributed by atoms with Crippen molar-refractivity contribution in [2.75, 3.05) is 24.7 Å². The van der Waals surface area contributed by atoms with E-state index in [0.29, 0.717) is 13.0 Å². The highest BCUT2D eigenvalue weighted by molar-refractivity contribution is 5.99. The van der Waals surface area contributed by atoms with Gasteiger partial charge in [-0.15, -0.1) is 0 Å². The number of nitrogens with two attached hydrogens (primary N) is 1. The molecule has 1 heterocycles. The molecule has 0 saturated carbocycles. The first kappa shape index (κ1) is 13.1. The van der Waals surface area contributed by atoms with Crippen LogP contribution < -0.4 is 11.1 Å². The highest BCUT2D eigenvalue weighted by Crippen LogP contribution is 2.27. The molecule has 0 bridgehead atoms. The third-order valence-electron chi connectivity index (χ3n) is 2.91. The predicted molar refractivity (Wildman–Crippen MR) is 76.0 cm³/mol. The molecule has 100 valence electrons. The molecule has 0 aliphatic heterocycles. The summed E-state index contributed by atoms with van der Waals surface area (Å²) >= 11 is 0. The second kappa shape index (κ2) is 5.56. The number of ether oxygens (including phenoxy) is 1. The molecule has 19 heavy (non-hydrogen) atoms. The van der Waals surface area contributed by atoms with Gasteiger partial charge in [-0.2, -0.15) is 0 Å². The summed E-state index contributed by atoms with van der Waals surface area (Å²) in [6, 6.07) is 5.84. The van der Waals surface area contributed by atoms with Crippen molar-refractivity contribution >= 4 is 28.2 Å². The Morgan fingerprint density at radius 1 is 1.42 bits per heavy atom. The average Bonchev–Trinajstić information content (AvgIpc) is 2.39. The van der Waals surface area contributed by atoms with Crippen LogP contribution in [0, 0.1) is 6.92 Å². The maximum atomic E-state index is 11.1. The number of nitrogens with zero attached hydrogens (tertiary/aromatic N) is 1. The highest BCUT2D eigenvalue weighted by atomic mass is 16.5. The second-order valence-electron chi connectivity index (χ2n) is 4.36. The molecule has 0 aliphatic carbocycles. The molecule has 3 N–H and O–H groups in total. The maximum absolute atomic E-state index is 11.1. The zero-order valence-corrected chi connectivity index (χ0v) is 11.1. The lowest BCUT2D eigenvalue weighted by Gasteiger charge is -2.10. The van der Waals surface area contributed by atoms with Crippen LogP contribution in [0.3, 0.4) is 0 Å². The number of anilines is 2. The number of hydrogen-bond acceptors (Lipinski definition) is 5. The van der Waals surface area contributed by atoms with E-state index in [2.05, 4.69) is 15.0 Å². The summed E-state index contributed by atoms with van der Waals surface area (Å²) in [7, 11) is 1.38. The number of fused-ring (bicyclic) bond motifs is 1. The van der Waals surface area contributed by atoms with Crippen molar-refractivity contribution in [1.82, 2.24) is 4.98 Å². The van der Waals surface area contributed by atoms with Crippen LogP contribution in [0.5, 0.6) is 0 Å². The molecule has 0 amide bonds. The molecule has 1 aromatic carbocycles. The number of pyridine rings is 1. The third-order valence-corrected chi connectivity index (χ3v) is 2.91. The Labute approximate surface area is 111 Å². The van der Waals surface area contributed by atoms with Gasteiger partial charge in [0.05, 0.1) is 13.5 Å². The van der Waals surface area contributed by atoms with Gasteiger partial charge in [-0.05, 0) is 30.7 Å². The van der Waals surface area contributed by atoms with E-state index in [1.165, 1.54) is 7.11 Å². The minimum Gasteiger partial charge on any atom is -0.469 e. The first-order valence-electron chi connectivity index (χ1n) is 6.07. The number of methoxy groups -OCH3 is 1. The average molecular weight is 259 g/mol. The number of carbonyl (C=O) groups excluding carboxylic acids is 1. The fourth-order valence-corrected chi connectivity index (χ4v) is 1.99. The lowest BCUT2D eigenvalue weighted by Crippen LogP contribution is -2.10. The molecule has 0 radical (unpaired) electrons. The lowest BCUT2D eigenvalue weighted by molar-refractivity contribution is -0.140. The van der Waals surface area contributed by atoms with E-state index < -0.39 is 0 Å². The predicted octanol–water partition coefficient (Wildman–Crippen LogP) is 2.10. The van der Waals surface area contributed by atoms with Crippen molar-refractivity contribution in [1.29, 1.82) is 0 Å². The molecule has 0 spiro atoms. The second-order valence-corrected chi connectivity index (χ2v) is 4.36. The topological polar surface area (TPSA) is 77.2 Å². The van der Waals surface area contributed by atoms with E-state index in [0.717, 1.165) is 27.8 Å². The maximum Gasteiger partial charge on any atom is 0.307 e. The Balaban J connectivity index is 2.26. The quantitative estimate of drug-likeness (QED) is 0.649. The molecule has 2 aromatic rings. The Hall–Kier alpha value is -2.30. The highest BCUT2D eigenvalue weighted by Gasteiger charge is 2.06. The van der Waals surface area contributed by atoms with Crippen LogP contribution in [0.2, 0.25) is 0 Å². The number of aryl methyl sites for hydroxylation is 1. The van der Waals surface area contributed by atoms with Crippen molar-refractivity contribution in [2.24, 2.45) is 0 Å². The minimum atomic E-state index is -0.247. The number of nitrogens with one attached hydrogen (secondary N) is 1. The largest absolute Gasteiger partial charge is 0.469 e. The Kier molecular flexibility index (Phi) is 3.85. The van der Waals surface area contributed by atoms with E-state index in [1.54, 1.807) is 6.20 Å². The van der Waals surface area contributed by atoms with Crippen molar-refractivity contribution in [3.63, 3.8) is 0 Å². The van der Waals surface area contributed by atoms with Gasteiger partial charge in [0.2, 0.25) is 0 Å². The van der Waals surface area contributed by atoms with Gasteiger partial charge in [-0.1, -0.05) is 0 Å². The van der Waals surface area contributed by atoms with E-state index >= 15 is 0 Å². The summed E-state index contributed by atoms with van der Waals surface area (Å²) in [4.78, 5) is 15.4. The standard InChI is InChI=1S/C14H17N3O2/c1-9-7-11-10(12(15)8-9)3-5-16-14(11)17-6-4-13(18)19-2/h3,5,7-8H,4,6,15H2,1-2H3,(H,16,17). The number of esters is 1. The zero-order valence-electron chi connectivity index (χ0n) is 11.1. The Bertz CT molecular complexity index is 611. The summed E-state index contributed by atoms with van der Waals surface area (Å²) in [5.74, 6) is 0.486. The number of benzene rings is 1. The number of carbonyl (C=O) groups is 1. The van der Waals surface area contributed by atoms with Crippen LogP contribution in [0.1, 0.15) is 12.0 Å². The zero-order chi connectivity index (χ0) is 13.8. The van der Waals surface area contributed by atoms with Gasteiger partial charge in [-0.3, -0.25) is 4.79 Å². The van der Waals surface area contributed by atoms with Crippen molar-refractivity contribution in [2.45, 2.75) is 13.3 Å². The first-order chi connectivity index (χ1) is 9.11. The molecule has 5 nitrogen and oxygen atoms in total. The van der Waals surface area contributed by atoms with Gasteiger partial charge in [0, 0.05) is 29.2 Å². The summed E-state index contributed by atoms with van der Waals surface area (Å²) in [6.45, 7) is 2.47. The Morgan fingerprint density at radius 2 is 2.21 bits per heavy atom. The molecule has 0 saturated heterocycles. The fourth-order valence-electron chi connectivity index (χ4n) is 1.99. The van der Waals surface area contributed by atoms with Crippen LogP contribution >= 0.6 is 0 Å². The first-order valence-corrected chi connectivity index (χ1v) is 6.07. The Morgan fingerprint density at radius 3 is 2.95 bits per heavy atom. The number of rotatable bonds is 4. The van der Waals surface area contributed by atoms with E-state index in [4.69, 9.17) is 5.73 Å². The van der Waals surface area contributed by atoms with Crippen LogP contribution in [-0.4, -0.2) is 24.6 Å². The van der Waals surface area contributed by atoms with E-state index in [9.17, 15) is 4.79 Å². The molecule has 1 aromatic heterocycles. The van der Waals surface area contributed by atoms with Gasteiger partial charge in [0.25, 0.3) is 0 Å². The van der Waals surface area contributed by atoms with Gasteiger partial charge in [-0.25, -0.2) is 4.98 Å². The molecular formula is C14H17N3O2. The molecule has 0 aliphatic rings. The molecule has 0 unspecified atom stereocenters. The molecule has 5 heteroatoms. The van der Waals surface area contributed by atoms with Crippen molar-refractivity contribution < 1.29 is 9.53 Å². The SMILES string of the molecule is COC(=O)CCNc1nccc2c(N)cc(C)cc12. The monoisotopic (exact) mass is 259 g/mol. The van der Waals surface area contributed by atoms with Gasteiger partial charge in [0.1, 0.15) is 5.82 Å². The molecule has 0 fully saturated rings. The molecular weight excluding hydrogens is 242 g/mol. The smallest absolute Gasteiger partial charge is 0.307 e. The number of aromatic nitrogens is 1. The van der Waals surface area contributed by atoms with Crippen LogP contribution in [0.25, 0.3) is 10.8 Å². The van der Waals surface area contributed by atoms with Gasteiger partial charge in [0.15, 0.2) is 0 Å². The summed E-state index contributed by atoms with van der Waals surface area (Å²) in [5, 5.41) is 5.06. The third kappa shape index (κ3) is 2.93. The summed E-state index contributed by atoms with van der Waals surface area (Å²) < 4.78 is 4.59. The normalized spacial score (nSPS) is 10.4. The van der Waals surface area contributed by atoms with E-state index in [-0.39, 0.29) is 5.97 Å². The lowest BCUT2D eigenvalue weighted by atomic mass is 10.1. The molecule has 2 rings (SSSR count). The number of nitrogen functional groups attached to an aromatic ring is 1. The van der Waals surface area contributed by atoms with Gasteiger partial charge >= 0.3 is 5.97 Å². The van der Waals surface area contributed by atoms with E-state index in [1.807, 2.05) is 25.1 Å². The summed E-state index contributed by atoms with van der Waals surface area (Å²) in [5.41, 5.74) is 7.80.